The van der Waals surface area contributed by atoms with Gasteiger partial charge in [-0.15, -0.1) is 0 Å². The summed E-state index contributed by atoms with van der Waals surface area (Å²) in [5, 5.41) is 0. The molecule has 0 unspecified atom stereocenters. The smallest absolute Gasteiger partial charge is 0.0233 e. The molecule has 1 aromatic carbocycles. The van der Waals surface area contributed by atoms with Crippen LogP contribution in [0.5, 0.6) is 0 Å². The van der Waals surface area contributed by atoms with Crippen LogP contribution in [-0.4, -0.2) is 24.0 Å². The van der Waals surface area contributed by atoms with Crippen LogP contribution in [0.25, 0.3) is 0 Å². The van der Waals surface area contributed by atoms with Crippen LogP contribution in [0.2, 0.25) is 0 Å². The number of piperidine rings is 1. The zero-order valence-corrected chi connectivity index (χ0v) is 10.1. The van der Waals surface area contributed by atoms with E-state index in [1.165, 1.54) is 24.9 Å². The third-order valence-electron chi connectivity index (χ3n) is 3.53. The molecule has 0 saturated carbocycles. The average molecular weight is 218 g/mol. The van der Waals surface area contributed by atoms with Crippen molar-refractivity contribution < 1.29 is 0 Å². The normalized spacial score (nSPS) is 24.2. The number of nitrogens with zero attached hydrogens (tertiary/aromatic N) is 1. The van der Waals surface area contributed by atoms with Crippen LogP contribution in [0.1, 0.15) is 25.3 Å². The van der Waals surface area contributed by atoms with Crippen molar-refractivity contribution in [1.82, 2.24) is 4.90 Å². The van der Waals surface area contributed by atoms with Crippen molar-refractivity contribution in [2.75, 3.05) is 13.1 Å². The Morgan fingerprint density at radius 2 is 2.12 bits per heavy atom. The minimum absolute atomic E-state index is 0.332. The van der Waals surface area contributed by atoms with Gasteiger partial charge in [-0.1, -0.05) is 30.3 Å². The van der Waals surface area contributed by atoms with Gasteiger partial charge in [-0.25, -0.2) is 0 Å². The van der Waals surface area contributed by atoms with Crippen LogP contribution >= 0.6 is 0 Å². The minimum atomic E-state index is 0.332. The third kappa shape index (κ3) is 3.06. The van der Waals surface area contributed by atoms with E-state index in [0.29, 0.717) is 12.0 Å². The van der Waals surface area contributed by atoms with Gasteiger partial charge >= 0.3 is 0 Å². The first-order chi connectivity index (χ1) is 7.75. The molecule has 16 heavy (non-hydrogen) atoms. The SMILES string of the molecule is C[C@@H](N)[C@H]1CCCN(Cc2ccccc2)C1. The van der Waals surface area contributed by atoms with E-state index in [9.17, 15) is 0 Å². The van der Waals surface area contributed by atoms with Crippen LogP contribution in [0.3, 0.4) is 0 Å². The lowest BCUT2D eigenvalue weighted by molar-refractivity contribution is 0.154. The summed E-state index contributed by atoms with van der Waals surface area (Å²) < 4.78 is 0. The number of nitrogens with two attached hydrogens (primary N) is 1. The van der Waals surface area contributed by atoms with Crippen LogP contribution in [0.4, 0.5) is 0 Å². The van der Waals surface area contributed by atoms with Crippen LogP contribution in [0.15, 0.2) is 30.3 Å². The Morgan fingerprint density at radius 3 is 2.81 bits per heavy atom. The van der Waals surface area contributed by atoms with Gasteiger partial charge in [-0.3, -0.25) is 4.90 Å². The molecule has 1 aliphatic rings. The minimum Gasteiger partial charge on any atom is -0.328 e. The molecule has 0 aromatic heterocycles. The molecule has 0 radical (unpaired) electrons. The van der Waals surface area contributed by atoms with Gasteiger partial charge in [-0.2, -0.15) is 0 Å². The van der Waals surface area contributed by atoms with E-state index in [1.54, 1.807) is 0 Å². The highest BCUT2D eigenvalue weighted by atomic mass is 15.1. The van der Waals surface area contributed by atoms with Crippen LogP contribution in [0, 0.1) is 5.92 Å². The first-order valence-electron chi connectivity index (χ1n) is 6.27. The van der Waals surface area contributed by atoms with Gasteiger partial charge in [-0.05, 0) is 37.8 Å². The van der Waals surface area contributed by atoms with Crippen molar-refractivity contribution in [2.24, 2.45) is 11.7 Å². The molecule has 0 bridgehead atoms. The van der Waals surface area contributed by atoms with E-state index < -0.39 is 0 Å². The van der Waals surface area contributed by atoms with Crippen molar-refractivity contribution in [3.8, 4) is 0 Å². The molecule has 2 atom stereocenters. The number of benzene rings is 1. The summed E-state index contributed by atoms with van der Waals surface area (Å²) in [5.74, 6) is 0.678. The van der Waals surface area contributed by atoms with E-state index in [-0.39, 0.29) is 0 Å². The predicted octanol–water partition coefficient (Wildman–Crippen LogP) is 2.25. The molecule has 0 amide bonds. The summed E-state index contributed by atoms with van der Waals surface area (Å²) in [6.07, 6.45) is 2.59. The molecule has 1 heterocycles. The number of hydrogen-bond acceptors (Lipinski definition) is 2. The Balaban J connectivity index is 1.90. The van der Waals surface area contributed by atoms with E-state index in [2.05, 4.69) is 42.2 Å². The first kappa shape index (κ1) is 11.6. The van der Waals surface area contributed by atoms with Crippen molar-refractivity contribution in [3.05, 3.63) is 35.9 Å². The molecule has 0 aliphatic carbocycles. The Hall–Kier alpha value is -0.860. The number of hydrogen-bond donors (Lipinski definition) is 1. The van der Waals surface area contributed by atoms with Gasteiger partial charge < -0.3 is 5.73 Å². The summed E-state index contributed by atoms with van der Waals surface area (Å²) in [6.45, 7) is 5.59. The zero-order chi connectivity index (χ0) is 11.4. The Bertz CT molecular complexity index is 308. The van der Waals surface area contributed by atoms with E-state index >= 15 is 0 Å². The molecule has 1 aliphatic heterocycles. The number of rotatable bonds is 3. The monoisotopic (exact) mass is 218 g/mol. The van der Waals surface area contributed by atoms with E-state index in [4.69, 9.17) is 5.73 Å². The highest BCUT2D eigenvalue weighted by Crippen LogP contribution is 2.20. The molecule has 1 fully saturated rings. The topological polar surface area (TPSA) is 29.3 Å². The first-order valence-corrected chi connectivity index (χ1v) is 6.27. The standard InChI is InChI=1S/C14H22N2/c1-12(15)14-8-5-9-16(11-14)10-13-6-3-2-4-7-13/h2-4,6-7,12,14H,5,8-11,15H2,1H3/t12-,14+/m1/s1. The zero-order valence-electron chi connectivity index (χ0n) is 10.1. The highest BCUT2D eigenvalue weighted by molar-refractivity contribution is 5.14. The molecule has 2 rings (SSSR count). The van der Waals surface area contributed by atoms with Crippen molar-refractivity contribution in [1.29, 1.82) is 0 Å². The van der Waals surface area contributed by atoms with E-state index in [1.807, 2.05) is 0 Å². The molecule has 2 N–H and O–H groups in total. The highest BCUT2D eigenvalue weighted by Gasteiger charge is 2.22. The average Bonchev–Trinajstić information content (AvgIpc) is 2.30. The molecule has 2 nitrogen and oxygen atoms in total. The molecule has 88 valence electrons. The van der Waals surface area contributed by atoms with Crippen LogP contribution in [-0.2, 0) is 6.54 Å². The maximum Gasteiger partial charge on any atom is 0.0233 e. The largest absolute Gasteiger partial charge is 0.328 e. The Kier molecular flexibility index (Phi) is 3.97. The van der Waals surface area contributed by atoms with Crippen molar-refractivity contribution in [3.63, 3.8) is 0 Å². The second-order valence-electron chi connectivity index (χ2n) is 4.98. The maximum absolute atomic E-state index is 6.00. The molecule has 2 heteroatoms. The maximum atomic E-state index is 6.00. The van der Waals surface area contributed by atoms with Crippen molar-refractivity contribution in [2.45, 2.75) is 32.4 Å². The Labute approximate surface area is 98.4 Å². The summed E-state index contributed by atoms with van der Waals surface area (Å²) in [7, 11) is 0. The van der Waals surface area contributed by atoms with Gasteiger partial charge in [0.2, 0.25) is 0 Å². The molecule has 1 saturated heterocycles. The fraction of sp³-hybridized carbons (Fsp3) is 0.571. The lowest BCUT2D eigenvalue weighted by Crippen LogP contribution is -2.41. The molecule has 1 aromatic rings. The molecular weight excluding hydrogens is 196 g/mol. The van der Waals surface area contributed by atoms with E-state index in [0.717, 1.165) is 13.1 Å². The van der Waals surface area contributed by atoms with Gasteiger partial charge in [0.15, 0.2) is 0 Å². The second-order valence-corrected chi connectivity index (χ2v) is 4.98. The summed E-state index contributed by atoms with van der Waals surface area (Å²) >= 11 is 0. The summed E-state index contributed by atoms with van der Waals surface area (Å²) in [5.41, 5.74) is 7.41. The molecular formula is C14H22N2. The summed E-state index contributed by atoms with van der Waals surface area (Å²) in [6, 6.07) is 11.0. The fourth-order valence-corrected chi connectivity index (χ4v) is 2.51. The molecule has 0 spiro atoms. The van der Waals surface area contributed by atoms with Gasteiger partial charge in [0.1, 0.15) is 0 Å². The quantitative estimate of drug-likeness (QED) is 0.843. The van der Waals surface area contributed by atoms with Gasteiger partial charge in [0.25, 0.3) is 0 Å². The lowest BCUT2D eigenvalue weighted by Gasteiger charge is -2.34. The predicted molar refractivity (Wildman–Crippen MR) is 68.1 cm³/mol. The Morgan fingerprint density at radius 1 is 1.38 bits per heavy atom. The summed E-state index contributed by atoms with van der Waals surface area (Å²) in [4.78, 5) is 2.53. The van der Waals surface area contributed by atoms with Gasteiger partial charge in [0.05, 0.1) is 0 Å². The van der Waals surface area contributed by atoms with Crippen molar-refractivity contribution >= 4 is 0 Å². The van der Waals surface area contributed by atoms with Gasteiger partial charge in [0, 0.05) is 19.1 Å². The second kappa shape index (κ2) is 5.46. The third-order valence-corrected chi connectivity index (χ3v) is 3.53. The fourth-order valence-electron chi connectivity index (χ4n) is 2.51. The van der Waals surface area contributed by atoms with Crippen LogP contribution < -0.4 is 5.73 Å². The number of likely N-dealkylation sites (tertiary alicyclic amines) is 1. The lowest BCUT2D eigenvalue weighted by atomic mass is 9.92.